The zero-order chi connectivity index (χ0) is 34.1. The highest BCUT2D eigenvalue weighted by molar-refractivity contribution is 6.74. The van der Waals surface area contributed by atoms with Crippen LogP contribution in [0.4, 0.5) is 4.79 Å². The Kier molecular flexibility index (Phi) is 15.6. The molecule has 0 saturated carbocycles. The van der Waals surface area contributed by atoms with E-state index in [1.165, 1.54) is 27.8 Å². The molecule has 0 aliphatic rings. The predicted molar refractivity (Wildman–Crippen MR) is 191 cm³/mol. The van der Waals surface area contributed by atoms with Crippen molar-refractivity contribution < 1.29 is 28.2 Å². The Morgan fingerprint density at radius 2 is 1.45 bits per heavy atom. The van der Waals surface area contributed by atoms with E-state index in [4.69, 9.17) is 18.6 Å². The van der Waals surface area contributed by atoms with E-state index in [9.17, 15) is 9.59 Å². The maximum atomic E-state index is 12.3. The lowest BCUT2D eigenvalue weighted by molar-refractivity contribution is -0.126. The van der Waals surface area contributed by atoms with E-state index < -0.39 is 14.4 Å². The summed E-state index contributed by atoms with van der Waals surface area (Å²) in [6, 6.07) is 24.9. The Bertz CT molecular complexity index is 1370. The molecule has 0 unspecified atom stereocenters. The summed E-state index contributed by atoms with van der Waals surface area (Å²) in [5.74, 6) is -0.147. The Labute approximate surface area is 282 Å². The monoisotopic (exact) mass is 662 g/mol. The summed E-state index contributed by atoms with van der Waals surface area (Å²) < 4.78 is 22.5. The van der Waals surface area contributed by atoms with Gasteiger partial charge in [-0.25, -0.2) is 4.79 Å². The van der Waals surface area contributed by atoms with Crippen molar-refractivity contribution in [3.8, 4) is 11.1 Å². The molecule has 0 bridgehead atoms. The lowest BCUT2D eigenvalue weighted by Crippen LogP contribution is -2.40. The quantitative estimate of drug-likeness (QED) is 0.102. The van der Waals surface area contributed by atoms with Gasteiger partial charge in [-0.05, 0) is 70.8 Å². The number of carbonyl (C=O) groups excluding carboxylic acids is 2. The zero-order valence-corrected chi connectivity index (χ0v) is 30.2. The number of amides is 2. The smallest absolute Gasteiger partial charge is 0.407 e. The second-order valence-electron chi connectivity index (χ2n) is 13.2. The van der Waals surface area contributed by atoms with E-state index in [2.05, 4.69) is 93.9 Å². The van der Waals surface area contributed by atoms with Crippen molar-refractivity contribution in [2.45, 2.75) is 78.3 Å². The molecule has 2 amide bonds. The van der Waals surface area contributed by atoms with Gasteiger partial charge in [0.2, 0.25) is 5.91 Å². The highest BCUT2D eigenvalue weighted by Crippen LogP contribution is 2.37. The number of benzene rings is 3. The molecule has 8 nitrogen and oxygen atoms in total. The Balaban J connectivity index is 1.31. The van der Waals surface area contributed by atoms with Crippen LogP contribution in [0.15, 0.2) is 72.8 Å². The second kappa shape index (κ2) is 19.4. The topological polar surface area (TPSA) is 95.1 Å². The van der Waals surface area contributed by atoms with Crippen molar-refractivity contribution in [3.05, 3.63) is 95.1 Å². The van der Waals surface area contributed by atoms with E-state index in [0.717, 1.165) is 24.8 Å². The molecule has 3 aromatic rings. The number of hydrogen-bond acceptors (Lipinski definition) is 6. The molecule has 0 spiro atoms. The third kappa shape index (κ3) is 13.6. The lowest BCUT2D eigenvalue weighted by Gasteiger charge is -2.36. The van der Waals surface area contributed by atoms with Crippen LogP contribution in [0.5, 0.6) is 0 Å². The molecule has 47 heavy (non-hydrogen) atoms. The first-order valence-corrected chi connectivity index (χ1v) is 19.6. The number of aryl methyl sites for hydroxylation is 2. The Morgan fingerprint density at radius 1 is 0.766 bits per heavy atom. The van der Waals surface area contributed by atoms with Gasteiger partial charge in [0.05, 0.1) is 26.4 Å². The number of carbonyl (C=O) groups is 2. The van der Waals surface area contributed by atoms with E-state index in [1.54, 1.807) is 0 Å². The molecule has 0 aromatic heterocycles. The maximum absolute atomic E-state index is 12.3. The van der Waals surface area contributed by atoms with Crippen molar-refractivity contribution in [2.24, 2.45) is 0 Å². The molecular formula is C38H54N2O6Si. The third-order valence-corrected chi connectivity index (χ3v) is 13.0. The van der Waals surface area contributed by atoms with E-state index in [1.807, 2.05) is 30.3 Å². The van der Waals surface area contributed by atoms with Crippen LogP contribution in [0.2, 0.25) is 18.1 Å². The highest BCUT2D eigenvalue weighted by atomic mass is 28.4. The van der Waals surface area contributed by atoms with Gasteiger partial charge >= 0.3 is 6.09 Å². The molecule has 256 valence electrons. The summed E-state index contributed by atoms with van der Waals surface area (Å²) in [7, 11) is -1.80. The van der Waals surface area contributed by atoms with Crippen LogP contribution in [-0.2, 0) is 49.5 Å². The first-order valence-electron chi connectivity index (χ1n) is 16.7. The van der Waals surface area contributed by atoms with Crippen molar-refractivity contribution in [1.29, 1.82) is 0 Å². The Morgan fingerprint density at radius 3 is 2.15 bits per heavy atom. The van der Waals surface area contributed by atoms with Crippen LogP contribution in [0.25, 0.3) is 11.1 Å². The van der Waals surface area contributed by atoms with Crippen molar-refractivity contribution in [3.63, 3.8) is 0 Å². The highest BCUT2D eigenvalue weighted by Gasteiger charge is 2.37. The fourth-order valence-electron chi connectivity index (χ4n) is 4.56. The van der Waals surface area contributed by atoms with Crippen molar-refractivity contribution >= 4 is 20.3 Å². The first-order chi connectivity index (χ1) is 22.5. The number of ether oxygens (including phenoxy) is 3. The van der Waals surface area contributed by atoms with Gasteiger partial charge < -0.3 is 29.3 Å². The molecule has 0 saturated heterocycles. The summed E-state index contributed by atoms with van der Waals surface area (Å²) in [6.45, 7) is 16.2. The zero-order valence-electron chi connectivity index (χ0n) is 29.2. The molecule has 9 heteroatoms. The molecule has 0 fully saturated rings. The fraction of sp³-hybridized carbons (Fsp3) is 0.474. The van der Waals surface area contributed by atoms with Crippen LogP contribution in [-0.4, -0.2) is 59.8 Å². The average Bonchev–Trinajstić information content (AvgIpc) is 3.06. The van der Waals surface area contributed by atoms with Crippen LogP contribution < -0.4 is 10.6 Å². The Hall–Kier alpha value is -3.50. The molecule has 0 atom stereocenters. The third-order valence-electron chi connectivity index (χ3n) is 8.53. The standard InChI is InChI=1S/C38H54N2O6Si/c1-7-30-17-20-35(33-18-15-32(16-19-33)28-46-47(5,6)38(2,3)4)34(26-30)14-11-21-39-36(41)29-44-25-24-43-23-22-40-37(42)45-27-31-12-9-8-10-13-31/h8-10,12-13,15-20,26H,7,11,14,21-25,27-29H2,1-6H3,(H,39,41)(H,40,42). The SMILES string of the molecule is CCc1ccc(-c2ccc(CO[Si](C)(C)C(C)(C)C)cc2)c(CCCNC(=O)COCCOCCNC(=O)OCc2ccccc2)c1. The van der Waals surface area contributed by atoms with Crippen molar-refractivity contribution in [1.82, 2.24) is 10.6 Å². The van der Waals surface area contributed by atoms with Crippen molar-refractivity contribution in [2.75, 3.05) is 39.5 Å². The van der Waals surface area contributed by atoms with Gasteiger partial charge in [-0.15, -0.1) is 0 Å². The summed E-state index contributed by atoms with van der Waals surface area (Å²) in [5.41, 5.74) is 7.13. The number of hydrogen-bond donors (Lipinski definition) is 2. The van der Waals surface area contributed by atoms with E-state index in [-0.39, 0.29) is 24.2 Å². The first kappa shape index (κ1) is 37.9. The molecule has 3 aromatic carbocycles. The molecule has 2 N–H and O–H groups in total. The largest absolute Gasteiger partial charge is 0.445 e. The fourth-order valence-corrected chi connectivity index (χ4v) is 5.52. The lowest BCUT2D eigenvalue weighted by atomic mass is 9.93. The summed E-state index contributed by atoms with van der Waals surface area (Å²) >= 11 is 0. The normalized spacial score (nSPS) is 11.7. The number of rotatable bonds is 19. The maximum Gasteiger partial charge on any atom is 0.407 e. The molecule has 0 heterocycles. The van der Waals surface area contributed by atoms with Gasteiger partial charge in [0.1, 0.15) is 13.2 Å². The van der Waals surface area contributed by atoms with Crippen LogP contribution in [0.3, 0.4) is 0 Å². The van der Waals surface area contributed by atoms with Gasteiger partial charge in [-0.1, -0.05) is 100 Å². The van der Waals surface area contributed by atoms with Crippen LogP contribution in [0.1, 0.15) is 56.4 Å². The van der Waals surface area contributed by atoms with Gasteiger partial charge in [0.25, 0.3) is 0 Å². The summed E-state index contributed by atoms with van der Waals surface area (Å²) in [4.78, 5) is 24.0. The molecule has 0 aliphatic heterocycles. The summed E-state index contributed by atoms with van der Waals surface area (Å²) in [6.07, 6.45) is 2.18. The minimum absolute atomic E-state index is 0.0184. The van der Waals surface area contributed by atoms with Gasteiger partial charge in [-0.2, -0.15) is 0 Å². The van der Waals surface area contributed by atoms with Gasteiger partial charge in [-0.3, -0.25) is 4.79 Å². The molecule has 0 aliphatic carbocycles. The van der Waals surface area contributed by atoms with Gasteiger partial charge in [0.15, 0.2) is 8.32 Å². The van der Waals surface area contributed by atoms with Gasteiger partial charge in [0, 0.05) is 13.1 Å². The van der Waals surface area contributed by atoms with Crippen LogP contribution >= 0.6 is 0 Å². The number of nitrogens with one attached hydrogen (secondary N) is 2. The minimum atomic E-state index is -1.80. The summed E-state index contributed by atoms with van der Waals surface area (Å²) in [5, 5.41) is 5.78. The molecule has 0 radical (unpaired) electrons. The second-order valence-corrected chi connectivity index (χ2v) is 18.0. The predicted octanol–water partition coefficient (Wildman–Crippen LogP) is 7.45. The van der Waals surface area contributed by atoms with E-state index >= 15 is 0 Å². The molecular weight excluding hydrogens is 609 g/mol. The van der Waals surface area contributed by atoms with Crippen LogP contribution in [0, 0.1) is 0 Å². The molecule has 3 rings (SSSR count). The average molecular weight is 663 g/mol. The van der Waals surface area contributed by atoms with E-state index in [0.29, 0.717) is 39.5 Å². The number of alkyl carbamates (subject to hydrolysis) is 1. The minimum Gasteiger partial charge on any atom is -0.445 e.